The van der Waals surface area contributed by atoms with Gasteiger partial charge in [-0.3, -0.25) is 0 Å². The number of ether oxygens (including phenoxy) is 2. The topological polar surface area (TPSA) is 58.4 Å². The summed E-state index contributed by atoms with van der Waals surface area (Å²) in [5, 5.41) is 8.72. The molecule has 0 unspecified atom stereocenters. The van der Waals surface area contributed by atoms with Crippen molar-refractivity contribution in [3.8, 4) is 17.6 Å². The van der Waals surface area contributed by atoms with Gasteiger partial charge in [-0.05, 0) is 36.4 Å². The Balaban J connectivity index is 1.82. The fraction of sp³-hybridized carbons (Fsp3) is 0.250. The molecule has 0 radical (unpaired) electrons. The van der Waals surface area contributed by atoms with E-state index >= 15 is 0 Å². The van der Waals surface area contributed by atoms with Crippen LogP contribution in [0.4, 0.5) is 5.69 Å². The van der Waals surface area contributed by atoms with Crippen molar-refractivity contribution >= 4 is 5.69 Å². The van der Waals surface area contributed by atoms with Crippen LogP contribution in [-0.2, 0) is 0 Å². The Hall–Kier alpha value is -2.74. The molecule has 0 N–H and O–H groups in total. The van der Waals surface area contributed by atoms with E-state index in [1.807, 2.05) is 48.3 Å². The number of rotatable bonds is 6. The van der Waals surface area contributed by atoms with Gasteiger partial charge in [0.1, 0.15) is 29.9 Å². The number of nitriles is 1. The summed E-state index contributed by atoms with van der Waals surface area (Å²) in [5.41, 5.74) is 1.37. The first-order valence-corrected chi connectivity index (χ1v) is 6.57. The zero-order chi connectivity index (χ0) is 15.1. The SMILES string of the molecule is COc1ccc(OCCN(C)c2ccc(C#N)nc2)cc1. The van der Waals surface area contributed by atoms with E-state index < -0.39 is 0 Å². The smallest absolute Gasteiger partial charge is 0.140 e. The Bertz CT molecular complexity index is 603. The lowest BCUT2D eigenvalue weighted by atomic mass is 10.3. The number of hydrogen-bond acceptors (Lipinski definition) is 5. The van der Waals surface area contributed by atoms with Gasteiger partial charge in [0, 0.05) is 7.05 Å². The Morgan fingerprint density at radius 3 is 2.43 bits per heavy atom. The van der Waals surface area contributed by atoms with Crippen LogP contribution in [-0.4, -0.2) is 32.3 Å². The summed E-state index contributed by atoms with van der Waals surface area (Å²) < 4.78 is 10.8. The second kappa shape index (κ2) is 7.15. The van der Waals surface area contributed by atoms with Crippen molar-refractivity contribution in [1.82, 2.24) is 4.98 Å². The molecule has 0 fully saturated rings. The summed E-state index contributed by atoms with van der Waals surface area (Å²) in [7, 11) is 3.59. The minimum atomic E-state index is 0.418. The third-order valence-corrected chi connectivity index (χ3v) is 3.06. The average Bonchev–Trinajstić information content (AvgIpc) is 2.55. The Labute approximate surface area is 124 Å². The molecule has 108 valence electrons. The summed E-state index contributed by atoms with van der Waals surface area (Å²) >= 11 is 0. The van der Waals surface area contributed by atoms with Crippen LogP contribution in [0, 0.1) is 11.3 Å². The van der Waals surface area contributed by atoms with Gasteiger partial charge >= 0.3 is 0 Å². The zero-order valence-electron chi connectivity index (χ0n) is 12.1. The van der Waals surface area contributed by atoms with Crippen molar-refractivity contribution in [3.05, 3.63) is 48.3 Å². The van der Waals surface area contributed by atoms with Crippen LogP contribution in [0.3, 0.4) is 0 Å². The van der Waals surface area contributed by atoms with Gasteiger partial charge < -0.3 is 14.4 Å². The summed E-state index contributed by atoms with van der Waals surface area (Å²) in [6, 6.07) is 13.1. The third kappa shape index (κ3) is 4.11. The second-order valence-electron chi connectivity index (χ2n) is 4.46. The number of anilines is 1. The fourth-order valence-corrected chi connectivity index (χ4v) is 1.78. The predicted octanol–water partition coefficient (Wildman–Crippen LogP) is 2.48. The van der Waals surface area contributed by atoms with Crippen LogP contribution in [0.5, 0.6) is 11.5 Å². The molecule has 1 aromatic heterocycles. The van der Waals surface area contributed by atoms with Gasteiger partial charge in [0.2, 0.25) is 0 Å². The molecule has 2 aromatic rings. The molecule has 0 atom stereocenters. The monoisotopic (exact) mass is 283 g/mol. The summed E-state index contributed by atoms with van der Waals surface area (Å²) in [6.45, 7) is 1.28. The van der Waals surface area contributed by atoms with Crippen molar-refractivity contribution in [2.45, 2.75) is 0 Å². The van der Waals surface area contributed by atoms with Crippen LogP contribution in [0.2, 0.25) is 0 Å². The average molecular weight is 283 g/mol. The highest BCUT2D eigenvalue weighted by Crippen LogP contribution is 2.17. The number of aromatic nitrogens is 1. The van der Waals surface area contributed by atoms with Crippen molar-refractivity contribution < 1.29 is 9.47 Å². The van der Waals surface area contributed by atoms with Gasteiger partial charge in [-0.2, -0.15) is 5.26 Å². The molecule has 1 aromatic carbocycles. The number of likely N-dealkylation sites (N-methyl/N-ethyl adjacent to an activating group) is 1. The van der Waals surface area contributed by atoms with E-state index in [0.717, 1.165) is 23.7 Å². The molecule has 0 aliphatic carbocycles. The zero-order valence-corrected chi connectivity index (χ0v) is 12.1. The van der Waals surface area contributed by atoms with E-state index in [-0.39, 0.29) is 0 Å². The van der Waals surface area contributed by atoms with E-state index in [1.54, 1.807) is 19.4 Å². The highest BCUT2D eigenvalue weighted by atomic mass is 16.5. The summed E-state index contributed by atoms with van der Waals surface area (Å²) in [5.74, 6) is 1.62. The number of pyridine rings is 1. The Kier molecular flexibility index (Phi) is 4.99. The fourth-order valence-electron chi connectivity index (χ4n) is 1.78. The molecular weight excluding hydrogens is 266 g/mol. The molecule has 0 aliphatic rings. The third-order valence-electron chi connectivity index (χ3n) is 3.06. The quantitative estimate of drug-likeness (QED) is 0.815. The molecule has 0 amide bonds. The largest absolute Gasteiger partial charge is 0.497 e. The summed E-state index contributed by atoms with van der Waals surface area (Å²) in [6.07, 6.45) is 1.69. The maximum atomic E-state index is 8.72. The van der Waals surface area contributed by atoms with Crippen LogP contribution in [0.1, 0.15) is 5.69 Å². The van der Waals surface area contributed by atoms with Crippen molar-refractivity contribution in [2.75, 3.05) is 32.2 Å². The lowest BCUT2D eigenvalue weighted by Crippen LogP contribution is -2.23. The first kappa shape index (κ1) is 14.7. The van der Waals surface area contributed by atoms with E-state index in [9.17, 15) is 0 Å². The number of benzene rings is 1. The van der Waals surface area contributed by atoms with Crippen molar-refractivity contribution in [2.24, 2.45) is 0 Å². The lowest BCUT2D eigenvalue weighted by molar-refractivity contribution is 0.325. The standard InChI is InChI=1S/C16H17N3O2/c1-19(14-4-3-13(11-17)18-12-14)9-10-21-16-7-5-15(20-2)6-8-16/h3-8,12H,9-10H2,1-2H3. The molecule has 21 heavy (non-hydrogen) atoms. The molecule has 1 heterocycles. The van der Waals surface area contributed by atoms with Crippen LogP contribution in [0.25, 0.3) is 0 Å². The number of hydrogen-bond donors (Lipinski definition) is 0. The van der Waals surface area contributed by atoms with E-state index in [2.05, 4.69) is 4.98 Å². The Morgan fingerprint density at radius 2 is 1.86 bits per heavy atom. The van der Waals surface area contributed by atoms with Gasteiger partial charge in [-0.15, -0.1) is 0 Å². The molecule has 5 nitrogen and oxygen atoms in total. The number of nitrogens with zero attached hydrogens (tertiary/aromatic N) is 3. The predicted molar refractivity (Wildman–Crippen MR) is 80.7 cm³/mol. The van der Waals surface area contributed by atoms with E-state index in [0.29, 0.717) is 12.3 Å². The van der Waals surface area contributed by atoms with Crippen molar-refractivity contribution in [3.63, 3.8) is 0 Å². The van der Waals surface area contributed by atoms with Gasteiger partial charge in [-0.25, -0.2) is 4.98 Å². The molecular formula is C16H17N3O2. The molecule has 0 bridgehead atoms. The van der Waals surface area contributed by atoms with E-state index in [4.69, 9.17) is 14.7 Å². The minimum absolute atomic E-state index is 0.418. The second-order valence-corrected chi connectivity index (χ2v) is 4.46. The molecule has 0 saturated heterocycles. The lowest BCUT2D eigenvalue weighted by Gasteiger charge is -2.19. The maximum absolute atomic E-state index is 8.72. The van der Waals surface area contributed by atoms with Gasteiger partial charge in [0.05, 0.1) is 25.5 Å². The van der Waals surface area contributed by atoms with Gasteiger partial charge in [0.25, 0.3) is 0 Å². The first-order valence-electron chi connectivity index (χ1n) is 6.57. The maximum Gasteiger partial charge on any atom is 0.140 e. The number of methoxy groups -OCH3 is 1. The molecule has 0 spiro atoms. The normalized spacial score (nSPS) is 9.76. The molecule has 2 rings (SSSR count). The van der Waals surface area contributed by atoms with Crippen LogP contribution in [0.15, 0.2) is 42.6 Å². The highest BCUT2D eigenvalue weighted by Gasteiger charge is 2.02. The molecule has 0 aliphatic heterocycles. The minimum Gasteiger partial charge on any atom is -0.497 e. The van der Waals surface area contributed by atoms with Gasteiger partial charge in [0.15, 0.2) is 0 Å². The Morgan fingerprint density at radius 1 is 1.14 bits per heavy atom. The molecule has 5 heteroatoms. The van der Waals surface area contributed by atoms with Crippen LogP contribution >= 0.6 is 0 Å². The van der Waals surface area contributed by atoms with Crippen molar-refractivity contribution in [1.29, 1.82) is 5.26 Å². The first-order chi connectivity index (χ1) is 10.2. The molecule has 0 saturated carbocycles. The van der Waals surface area contributed by atoms with Crippen LogP contribution < -0.4 is 14.4 Å². The van der Waals surface area contributed by atoms with E-state index in [1.165, 1.54) is 0 Å². The summed E-state index contributed by atoms with van der Waals surface area (Å²) in [4.78, 5) is 6.07. The van der Waals surface area contributed by atoms with Gasteiger partial charge in [-0.1, -0.05) is 0 Å². The highest BCUT2D eigenvalue weighted by molar-refractivity contribution is 5.45.